The third kappa shape index (κ3) is 4.64. The van der Waals surface area contributed by atoms with E-state index in [9.17, 15) is 13.6 Å². The second kappa shape index (κ2) is 8.76. The summed E-state index contributed by atoms with van der Waals surface area (Å²) in [6.45, 7) is 2.20. The van der Waals surface area contributed by atoms with E-state index in [0.29, 0.717) is 34.1 Å². The fourth-order valence-corrected chi connectivity index (χ4v) is 4.81. The number of methoxy groups -OCH3 is 1. The van der Waals surface area contributed by atoms with Crippen LogP contribution in [0.25, 0.3) is 0 Å². The van der Waals surface area contributed by atoms with Gasteiger partial charge in [0, 0.05) is 22.5 Å². The van der Waals surface area contributed by atoms with Gasteiger partial charge in [0.2, 0.25) is 0 Å². The molecule has 1 aliphatic carbocycles. The monoisotopic (exact) mass is 499 g/mol. The lowest BCUT2D eigenvalue weighted by molar-refractivity contribution is -0.0547. The first kappa shape index (κ1) is 21.0. The van der Waals surface area contributed by atoms with Crippen LogP contribution in [0.3, 0.4) is 0 Å². The molecule has 0 aliphatic heterocycles. The van der Waals surface area contributed by atoms with Gasteiger partial charge in [-0.05, 0) is 77.2 Å². The first-order valence-corrected chi connectivity index (χ1v) is 10.5. The standard InChI is InChI=1S/C22H24F2INO2/c1-14-11-16(18-5-3-4-10-22(18,23)24)12-19(25)20(14)21(27)26-13-15-6-8-17(28-2)9-7-15/h6-9,11-12,18H,3-5,10,13H2,1-2H3,(H,26,27). The molecule has 28 heavy (non-hydrogen) atoms. The van der Waals surface area contributed by atoms with Crippen LogP contribution in [0.1, 0.15) is 58.6 Å². The topological polar surface area (TPSA) is 38.3 Å². The number of alkyl halides is 2. The number of ether oxygens (including phenoxy) is 1. The molecule has 1 unspecified atom stereocenters. The Labute approximate surface area is 178 Å². The molecule has 0 bridgehead atoms. The Morgan fingerprint density at radius 2 is 1.96 bits per heavy atom. The van der Waals surface area contributed by atoms with Gasteiger partial charge in [0.15, 0.2) is 0 Å². The van der Waals surface area contributed by atoms with Gasteiger partial charge < -0.3 is 10.1 Å². The Hall–Kier alpha value is -1.70. The minimum absolute atomic E-state index is 0.0581. The molecule has 0 radical (unpaired) electrons. The van der Waals surface area contributed by atoms with E-state index < -0.39 is 11.8 Å². The van der Waals surface area contributed by atoms with Crippen molar-refractivity contribution in [2.45, 2.75) is 51.0 Å². The zero-order valence-electron chi connectivity index (χ0n) is 16.0. The fourth-order valence-electron chi connectivity index (χ4n) is 3.78. The smallest absolute Gasteiger partial charge is 0.254 e. The summed E-state index contributed by atoms with van der Waals surface area (Å²) in [5.74, 6) is -2.87. The predicted molar refractivity (Wildman–Crippen MR) is 114 cm³/mol. The number of hydrogen-bond donors (Lipinski definition) is 1. The molecule has 1 atom stereocenters. The van der Waals surface area contributed by atoms with Gasteiger partial charge in [-0.2, -0.15) is 0 Å². The van der Waals surface area contributed by atoms with E-state index in [0.717, 1.165) is 23.3 Å². The SMILES string of the molecule is COc1ccc(CNC(=O)c2c(C)cc(C3CCCCC3(F)F)cc2I)cc1. The zero-order chi connectivity index (χ0) is 20.3. The van der Waals surface area contributed by atoms with Crippen molar-refractivity contribution in [3.8, 4) is 5.75 Å². The van der Waals surface area contributed by atoms with Crippen molar-refractivity contribution in [1.82, 2.24) is 5.32 Å². The minimum atomic E-state index is -2.67. The van der Waals surface area contributed by atoms with E-state index in [1.165, 1.54) is 0 Å². The molecule has 0 saturated heterocycles. The molecule has 0 spiro atoms. The van der Waals surface area contributed by atoms with Gasteiger partial charge in [-0.3, -0.25) is 4.79 Å². The number of rotatable bonds is 5. The van der Waals surface area contributed by atoms with Crippen LogP contribution in [0.2, 0.25) is 0 Å². The highest BCUT2D eigenvalue weighted by atomic mass is 127. The molecule has 3 rings (SSSR count). The number of amides is 1. The molecule has 150 valence electrons. The molecule has 2 aromatic carbocycles. The maximum atomic E-state index is 14.3. The summed E-state index contributed by atoms with van der Waals surface area (Å²) in [5.41, 5.74) is 2.88. The van der Waals surface area contributed by atoms with Gasteiger partial charge in [0.1, 0.15) is 5.75 Å². The summed E-state index contributed by atoms with van der Waals surface area (Å²) in [5, 5.41) is 2.92. The van der Waals surface area contributed by atoms with Crippen LogP contribution in [-0.2, 0) is 6.54 Å². The molecule has 1 aliphatic rings. The number of carbonyl (C=O) groups is 1. The van der Waals surface area contributed by atoms with E-state index in [4.69, 9.17) is 4.74 Å². The average molecular weight is 499 g/mol. The first-order valence-electron chi connectivity index (χ1n) is 9.41. The van der Waals surface area contributed by atoms with Crippen molar-refractivity contribution in [1.29, 1.82) is 0 Å². The average Bonchev–Trinajstić information content (AvgIpc) is 2.65. The van der Waals surface area contributed by atoms with E-state index >= 15 is 0 Å². The number of aryl methyl sites for hydroxylation is 1. The van der Waals surface area contributed by atoms with Gasteiger partial charge in [-0.25, -0.2) is 8.78 Å². The summed E-state index contributed by atoms with van der Waals surface area (Å²) in [6, 6.07) is 11.0. The lowest BCUT2D eigenvalue weighted by Crippen LogP contribution is -2.30. The number of halogens is 3. The highest BCUT2D eigenvalue weighted by molar-refractivity contribution is 14.1. The lowest BCUT2D eigenvalue weighted by Gasteiger charge is -2.32. The number of hydrogen-bond acceptors (Lipinski definition) is 2. The minimum Gasteiger partial charge on any atom is -0.497 e. The third-order valence-electron chi connectivity index (χ3n) is 5.31. The summed E-state index contributed by atoms with van der Waals surface area (Å²) in [6.07, 6.45) is 1.83. The Morgan fingerprint density at radius 3 is 2.57 bits per heavy atom. The van der Waals surface area contributed by atoms with Gasteiger partial charge >= 0.3 is 0 Å². The van der Waals surface area contributed by atoms with Gasteiger partial charge in [-0.15, -0.1) is 0 Å². The number of carbonyl (C=O) groups excluding carboxylic acids is 1. The highest BCUT2D eigenvalue weighted by Crippen LogP contribution is 2.45. The summed E-state index contributed by atoms with van der Waals surface area (Å²) >= 11 is 2.08. The Balaban J connectivity index is 1.75. The summed E-state index contributed by atoms with van der Waals surface area (Å²) in [4.78, 5) is 12.7. The van der Waals surface area contributed by atoms with Crippen LogP contribution in [0.5, 0.6) is 5.75 Å². The quantitative estimate of drug-likeness (QED) is 0.526. The zero-order valence-corrected chi connectivity index (χ0v) is 18.2. The second-order valence-electron chi connectivity index (χ2n) is 7.28. The summed E-state index contributed by atoms with van der Waals surface area (Å²) < 4.78 is 34.5. The van der Waals surface area contributed by atoms with E-state index in [1.807, 2.05) is 31.2 Å². The molecular weight excluding hydrogens is 475 g/mol. The van der Waals surface area contributed by atoms with E-state index in [1.54, 1.807) is 19.2 Å². The third-order valence-corrected chi connectivity index (χ3v) is 6.16. The lowest BCUT2D eigenvalue weighted by atomic mass is 9.80. The van der Waals surface area contributed by atoms with Gasteiger partial charge in [0.25, 0.3) is 11.8 Å². The van der Waals surface area contributed by atoms with Crippen LogP contribution < -0.4 is 10.1 Å². The van der Waals surface area contributed by atoms with Crippen molar-refractivity contribution >= 4 is 28.5 Å². The number of benzene rings is 2. The molecule has 6 heteroatoms. The Bertz CT molecular complexity index is 829. The molecule has 0 heterocycles. The highest BCUT2D eigenvalue weighted by Gasteiger charge is 2.42. The van der Waals surface area contributed by atoms with Crippen molar-refractivity contribution in [3.63, 3.8) is 0 Å². The molecule has 1 saturated carbocycles. The van der Waals surface area contributed by atoms with E-state index in [2.05, 4.69) is 27.9 Å². The van der Waals surface area contributed by atoms with Crippen molar-refractivity contribution in [3.05, 3.63) is 62.2 Å². The van der Waals surface area contributed by atoms with Crippen LogP contribution in [0.4, 0.5) is 8.78 Å². The normalized spacial score (nSPS) is 18.5. The van der Waals surface area contributed by atoms with Crippen molar-refractivity contribution < 1.29 is 18.3 Å². The van der Waals surface area contributed by atoms with Crippen LogP contribution in [0, 0.1) is 10.5 Å². The van der Waals surface area contributed by atoms with Crippen LogP contribution in [-0.4, -0.2) is 18.9 Å². The second-order valence-corrected chi connectivity index (χ2v) is 8.45. The molecule has 1 N–H and O–H groups in total. The summed E-state index contributed by atoms with van der Waals surface area (Å²) in [7, 11) is 1.61. The van der Waals surface area contributed by atoms with Crippen LogP contribution >= 0.6 is 22.6 Å². The van der Waals surface area contributed by atoms with Crippen LogP contribution in [0.15, 0.2) is 36.4 Å². The van der Waals surface area contributed by atoms with Gasteiger partial charge in [0.05, 0.1) is 12.7 Å². The maximum Gasteiger partial charge on any atom is 0.254 e. The van der Waals surface area contributed by atoms with Gasteiger partial charge in [-0.1, -0.05) is 24.6 Å². The molecule has 3 nitrogen and oxygen atoms in total. The Kier molecular flexibility index (Phi) is 6.58. The number of nitrogens with one attached hydrogen (secondary N) is 1. The van der Waals surface area contributed by atoms with Crippen molar-refractivity contribution in [2.75, 3.05) is 7.11 Å². The van der Waals surface area contributed by atoms with E-state index in [-0.39, 0.29) is 12.3 Å². The fraction of sp³-hybridized carbons (Fsp3) is 0.409. The Morgan fingerprint density at radius 1 is 1.25 bits per heavy atom. The molecule has 2 aromatic rings. The molecular formula is C22H24F2INO2. The van der Waals surface area contributed by atoms with Crippen molar-refractivity contribution in [2.24, 2.45) is 0 Å². The first-order chi connectivity index (χ1) is 13.3. The molecule has 1 amide bonds. The predicted octanol–water partition coefficient (Wildman–Crippen LogP) is 5.83. The maximum absolute atomic E-state index is 14.3. The largest absolute Gasteiger partial charge is 0.497 e. The molecule has 1 fully saturated rings. The molecule has 0 aromatic heterocycles.